The summed E-state index contributed by atoms with van der Waals surface area (Å²) in [6.45, 7) is 11.7. The van der Waals surface area contributed by atoms with Crippen molar-refractivity contribution >= 4 is 71.7 Å². The Bertz CT molecular complexity index is 4090. The fraction of sp³-hybridized carbons (Fsp3) is 0.108. The van der Waals surface area contributed by atoms with Gasteiger partial charge in [0, 0.05) is 60.6 Å². The fourth-order valence-corrected chi connectivity index (χ4v) is 12.0. The lowest BCUT2D eigenvalue weighted by Crippen LogP contribution is -2.18. The number of anilines is 3. The lowest BCUT2D eigenvalue weighted by molar-refractivity contribution is 0.657. The minimum Gasteiger partial charge on any atom is -0.455 e. The second-order valence-corrected chi connectivity index (χ2v) is 20.1. The van der Waals surface area contributed by atoms with Crippen molar-refractivity contribution in [1.29, 1.82) is 0 Å². The van der Waals surface area contributed by atoms with E-state index in [1.165, 1.54) is 71.6 Å². The van der Waals surface area contributed by atoms with E-state index in [-0.39, 0.29) is 10.8 Å². The van der Waals surface area contributed by atoms with Crippen molar-refractivity contribution in [3.63, 3.8) is 0 Å². The third kappa shape index (κ3) is 5.42. The Balaban J connectivity index is 0.959. The molecule has 10 aromatic carbocycles. The fourth-order valence-electron chi connectivity index (χ4n) is 12.0. The van der Waals surface area contributed by atoms with Gasteiger partial charge < -0.3 is 13.7 Å². The molecule has 0 spiro atoms. The maximum atomic E-state index is 6.88. The minimum absolute atomic E-state index is 0.293. The van der Waals surface area contributed by atoms with Crippen LogP contribution in [0.3, 0.4) is 0 Å². The van der Waals surface area contributed by atoms with Crippen molar-refractivity contribution in [2.45, 2.75) is 45.4 Å². The summed E-state index contributed by atoms with van der Waals surface area (Å²) in [6.07, 6.45) is 0. The summed E-state index contributed by atoms with van der Waals surface area (Å²) in [5.41, 5.74) is 22.6. The molecular formula is C65H47NO2. The predicted molar refractivity (Wildman–Crippen MR) is 284 cm³/mol. The van der Waals surface area contributed by atoms with Gasteiger partial charge in [-0.2, -0.15) is 0 Å². The quantitative estimate of drug-likeness (QED) is 0.173. The molecule has 12 aromatic rings. The minimum atomic E-state index is -0.311. The highest BCUT2D eigenvalue weighted by Crippen LogP contribution is 2.59. The zero-order chi connectivity index (χ0) is 45.6. The van der Waals surface area contributed by atoms with Crippen LogP contribution >= 0.6 is 0 Å². The van der Waals surface area contributed by atoms with Gasteiger partial charge in [-0.1, -0.05) is 161 Å². The van der Waals surface area contributed by atoms with Gasteiger partial charge in [0.1, 0.15) is 22.3 Å². The average Bonchev–Trinajstić information content (AvgIpc) is 4.07. The largest absolute Gasteiger partial charge is 0.455 e. The van der Waals surface area contributed by atoms with Crippen LogP contribution in [0.25, 0.3) is 99.2 Å². The predicted octanol–water partition coefficient (Wildman–Crippen LogP) is 18.4. The maximum absolute atomic E-state index is 6.88. The van der Waals surface area contributed by atoms with Gasteiger partial charge in [0.05, 0.1) is 0 Å². The van der Waals surface area contributed by atoms with Gasteiger partial charge in [0.15, 0.2) is 0 Å². The van der Waals surface area contributed by atoms with Crippen LogP contribution in [0.15, 0.2) is 203 Å². The Kier molecular flexibility index (Phi) is 8.01. The summed E-state index contributed by atoms with van der Waals surface area (Å²) < 4.78 is 13.7. The smallest absolute Gasteiger partial charge is 0.143 e. The molecule has 2 aliphatic rings. The summed E-state index contributed by atoms with van der Waals surface area (Å²) in [5.74, 6) is 0. The number of hydrogen-bond donors (Lipinski definition) is 0. The molecule has 0 fully saturated rings. The Morgan fingerprint density at radius 2 is 0.853 bits per heavy atom. The van der Waals surface area contributed by atoms with Crippen LogP contribution < -0.4 is 4.90 Å². The molecule has 324 valence electrons. The van der Waals surface area contributed by atoms with Crippen LogP contribution in [0.1, 0.15) is 55.5 Å². The number of rotatable bonds is 5. The molecule has 0 aliphatic heterocycles. The van der Waals surface area contributed by atoms with E-state index in [1.54, 1.807) is 0 Å². The molecule has 0 amide bonds. The summed E-state index contributed by atoms with van der Waals surface area (Å²) in [4.78, 5) is 2.46. The first-order valence-corrected chi connectivity index (χ1v) is 23.8. The SMILES string of the molecule is Cc1ccc(N(c2ccc3c(c2)C(C)(C)c2cc(-c4ccccc4)c4oc5ccccc5c4c2-3)c2ccc3c(c2)C(C)(C)c2cc(-c4ccc5ccccc5c4)c4oc5ccccc5c4c2-3)cc1. The van der Waals surface area contributed by atoms with E-state index < -0.39 is 0 Å². The van der Waals surface area contributed by atoms with Crippen LogP contribution in [-0.2, 0) is 10.8 Å². The van der Waals surface area contributed by atoms with Crippen LogP contribution in [0, 0.1) is 6.92 Å². The first-order valence-electron chi connectivity index (χ1n) is 23.8. The number of furan rings is 2. The van der Waals surface area contributed by atoms with Crippen LogP contribution in [0.4, 0.5) is 17.1 Å². The first-order chi connectivity index (χ1) is 33.1. The van der Waals surface area contributed by atoms with Gasteiger partial charge in [-0.25, -0.2) is 0 Å². The Morgan fingerprint density at radius 3 is 1.43 bits per heavy atom. The standard InChI is InChI=1S/C65H47NO2/c1-38-23-27-43(28-24-38)66(44-29-31-46-52(34-44)64(2,3)54-36-50(40-16-7-6-8-17-40)62-60(58(46)54)48-19-11-13-21-56(48)67-62)45-30-32-47-53(35-45)65(4,5)55-37-51(42-26-25-39-15-9-10-18-41(39)33-42)63-61(59(47)55)49-20-12-14-22-57(49)68-63/h6-37H,1-5H3. The molecule has 14 rings (SSSR count). The normalized spacial score (nSPS) is 14.2. The second-order valence-electron chi connectivity index (χ2n) is 20.1. The first kappa shape index (κ1) is 39.1. The molecule has 2 aromatic heterocycles. The van der Waals surface area contributed by atoms with Crippen molar-refractivity contribution in [2.24, 2.45) is 0 Å². The van der Waals surface area contributed by atoms with E-state index in [1.807, 2.05) is 0 Å². The Morgan fingerprint density at radius 1 is 0.368 bits per heavy atom. The molecular weight excluding hydrogens is 827 g/mol. The molecule has 0 unspecified atom stereocenters. The molecule has 68 heavy (non-hydrogen) atoms. The number of aryl methyl sites for hydroxylation is 1. The number of para-hydroxylation sites is 2. The molecule has 2 heterocycles. The molecule has 0 atom stereocenters. The van der Waals surface area contributed by atoms with Crippen molar-refractivity contribution < 1.29 is 8.83 Å². The van der Waals surface area contributed by atoms with Gasteiger partial charge in [-0.05, 0) is 140 Å². The van der Waals surface area contributed by atoms with E-state index in [9.17, 15) is 0 Å². The zero-order valence-corrected chi connectivity index (χ0v) is 38.7. The lowest BCUT2D eigenvalue weighted by atomic mass is 9.80. The molecule has 0 radical (unpaired) electrons. The van der Waals surface area contributed by atoms with E-state index in [0.29, 0.717) is 0 Å². The zero-order valence-electron chi connectivity index (χ0n) is 38.7. The number of benzene rings is 10. The van der Waals surface area contributed by atoms with E-state index in [4.69, 9.17) is 8.83 Å². The molecule has 3 heteroatoms. The molecule has 2 aliphatic carbocycles. The summed E-state index contributed by atoms with van der Waals surface area (Å²) in [6, 6.07) is 71.3. The molecule has 0 N–H and O–H groups in total. The highest BCUT2D eigenvalue weighted by atomic mass is 16.3. The number of fused-ring (bicyclic) bond motifs is 15. The maximum Gasteiger partial charge on any atom is 0.143 e. The Hall–Kier alpha value is -8.14. The number of nitrogens with zero attached hydrogens (tertiary/aromatic N) is 1. The van der Waals surface area contributed by atoms with Crippen molar-refractivity contribution in [1.82, 2.24) is 0 Å². The lowest BCUT2D eigenvalue weighted by Gasteiger charge is -2.30. The average molecular weight is 874 g/mol. The highest BCUT2D eigenvalue weighted by Gasteiger charge is 2.41. The van der Waals surface area contributed by atoms with Gasteiger partial charge in [0.2, 0.25) is 0 Å². The molecule has 0 saturated carbocycles. The monoisotopic (exact) mass is 873 g/mol. The van der Waals surface area contributed by atoms with E-state index in [2.05, 4.69) is 234 Å². The highest BCUT2D eigenvalue weighted by molar-refractivity contribution is 6.20. The van der Waals surface area contributed by atoms with Gasteiger partial charge in [-0.3, -0.25) is 0 Å². The molecule has 3 nitrogen and oxygen atoms in total. The third-order valence-corrected chi connectivity index (χ3v) is 15.5. The van der Waals surface area contributed by atoms with E-state index >= 15 is 0 Å². The second kappa shape index (κ2) is 13.9. The van der Waals surface area contributed by atoms with Gasteiger partial charge in [-0.15, -0.1) is 0 Å². The van der Waals surface area contributed by atoms with E-state index in [0.717, 1.165) is 72.4 Å². The Labute approximate surface area is 395 Å². The summed E-state index contributed by atoms with van der Waals surface area (Å²) in [5, 5.41) is 7.12. The van der Waals surface area contributed by atoms with Crippen LogP contribution in [0.5, 0.6) is 0 Å². The molecule has 0 saturated heterocycles. The van der Waals surface area contributed by atoms with Crippen molar-refractivity contribution in [3.8, 4) is 44.5 Å². The third-order valence-electron chi connectivity index (χ3n) is 15.5. The van der Waals surface area contributed by atoms with Gasteiger partial charge in [0.25, 0.3) is 0 Å². The topological polar surface area (TPSA) is 29.5 Å². The van der Waals surface area contributed by atoms with Crippen LogP contribution in [0.2, 0.25) is 0 Å². The number of hydrogen-bond acceptors (Lipinski definition) is 3. The summed E-state index contributed by atoms with van der Waals surface area (Å²) >= 11 is 0. The summed E-state index contributed by atoms with van der Waals surface area (Å²) in [7, 11) is 0. The van der Waals surface area contributed by atoms with Crippen molar-refractivity contribution in [2.75, 3.05) is 4.90 Å². The van der Waals surface area contributed by atoms with Gasteiger partial charge >= 0.3 is 0 Å². The van der Waals surface area contributed by atoms with Crippen LogP contribution in [-0.4, -0.2) is 0 Å². The van der Waals surface area contributed by atoms with Crippen molar-refractivity contribution in [3.05, 3.63) is 222 Å². The molecule has 0 bridgehead atoms.